The van der Waals surface area contributed by atoms with Crippen molar-refractivity contribution in [2.45, 2.75) is 26.7 Å². The molecular weight excluding hydrogens is 621 g/mol. The maximum Gasteiger partial charge on any atom is 0.120 e. The molecule has 6 aromatic rings. The first-order valence-electron chi connectivity index (χ1n) is 11.8. The molecule has 3 heterocycles. The van der Waals surface area contributed by atoms with Gasteiger partial charge in [-0.2, -0.15) is 0 Å². The Balaban J connectivity index is 0.000000167. The fraction of sp³-hybridized carbons (Fsp3) is 0.125. The van der Waals surface area contributed by atoms with Gasteiger partial charge in [-0.1, -0.05) is 61.2 Å². The van der Waals surface area contributed by atoms with Gasteiger partial charge in [0.15, 0.2) is 0 Å². The second kappa shape index (κ2) is 11.4. The van der Waals surface area contributed by atoms with Crippen molar-refractivity contribution in [1.82, 2.24) is 9.97 Å². The van der Waals surface area contributed by atoms with Gasteiger partial charge in [-0.15, -0.1) is 54.1 Å². The summed E-state index contributed by atoms with van der Waals surface area (Å²) in [6, 6.07) is 34.4. The van der Waals surface area contributed by atoms with Gasteiger partial charge in [0.1, 0.15) is 5.58 Å². The van der Waals surface area contributed by atoms with Crippen molar-refractivity contribution >= 4 is 21.9 Å². The second-order valence-electron chi connectivity index (χ2n) is 8.77. The molecule has 1 radical (unpaired) electrons. The molecule has 4 heteroatoms. The van der Waals surface area contributed by atoms with Gasteiger partial charge in [-0.05, 0) is 47.5 Å². The predicted molar refractivity (Wildman–Crippen MR) is 143 cm³/mol. The molecular formula is C32H26IrN2O-2. The summed E-state index contributed by atoms with van der Waals surface area (Å²) in [6.45, 7) is 6.53. The molecule has 0 N–H and O–H groups in total. The molecule has 0 spiro atoms. The Morgan fingerprint density at radius 1 is 0.778 bits per heavy atom. The van der Waals surface area contributed by atoms with E-state index in [-0.39, 0.29) is 20.1 Å². The largest absolute Gasteiger partial charge is 0.501 e. The van der Waals surface area contributed by atoms with E-state index in [1.165, 1.54) is 11.1 Å². The minimum absolute atomic E-state index is 0. The van der Waals surface area contributed by atoms with Crippen molar-refractivity contribution in [2.24, 2.45) is 0 Å². The number of aryl methyl sites for hydroxylation is 1. The van der Waals surface area contributed by atoms with Crippen LogP contribution in [-0.4, -0.2) is 9.97 Å². The molecule has 0 aliphatic rings. The summed E-state index contributed by atoms with van der Waals surface area (Å²) in [5.74, 6) is 0.533. The number of rotatable bonds is 3. The van der Waals surface area contributed by atoms with E-state index < -0.39 is 0 Å². The number of hydrogen-bond donors (Lipinski definition) is 0. The van der Waals surface area contributed by atoms with E-state index in [1.807, 2.05) is 79.0 Å². The summed E-state index contributed by atoms with van der Waals surface area (Å²) in [7, 11) is 0. The molecule has 6 rings (SSSR count). The van der Waals surface area contributed by atoms with Crippen molar-refractivity contribution in [3.05, 3.63) is 121 Å². The van der Waals surface area contributed by atoms with Gasteiger partial charge in [0.25, 0.3) is 0 Å². The molecule has 0 aliphatic heterocycles. The molecule has 3 aromatic carbocycles. The Labute approximate surface area is 225 Å². The van der Waals surface area contributed by atoms with Gasteiger partial charge in [0.05, 0.1) is 5.58 Å². The summed E-state index contributed by atoms with van der Waals surface area (Å²) in [5, 5.41) is 2.23. The van der Waals surface area contributed by atoms with E-state index in [0.29, 0.717) is 5.92 Å². The van der Waals surface area contributed by atoms with Crippen molar-refractivity contribution in [3.63, 3.8) is 0 Å². The summed E-state index contributed by atoms with van der Waals surface area (Å²) in [5.41, 5.74) is 8.23. The average Bonchev–Trinajstić information content (AvgIpc) is 3.29. The molecule has 0 bridgehead atoms. The van der Waals surface area contributed by atoms with Gasteiger partial charge < -0.3 is 14.4 Å². The van der Waals surface area contributed by atoms with Gasteiger partial charge in [0.2, 0.25) is 0 Å². The van der Waals surface area contributed by atoms with Crippen LogP contribution in [0.2, 0.25) is 0 Å². The molecule has 0 unspecified atom stereocenters. The number of nitrogens with zero attached hydrogens (tertiary/aromatic N) is 2. The summed E-state index contributed by atoms with van der Waals surface area (Å²) in [6.07, 6.45) is 3.73. The molecule has 3 aromatic heterocycles. The molecule has 0 fully saturated rings. The van der Waals surface area contributed by atoms with Gasteiger partial charge in [-0.25, -0.2) is 0 Å². The van der Waals surface area contributed by atoms with E-state index >= 15 is 0 Å². The van der Waals surface area contributed by atoms with Crippen molar-refractivity contribution in [1.29, 1.82) is 0 Å². The Hall–Kier alpha value is -3.59. The minimum atomic E-state index is 0. The standard InChI is InChI=1S/C17H10NO.C15H16N.Ir/c1-2-10-16-12(6-1)13-7-5-8-14(17(13)19-16)15-9-3-4-11-18-15;1-11(2)14-9-15(16-10-12(14)3)13-7-5-4-6-8-13;/h1-7,9-11H;4-7,9-11H,1-3H3;/q2*-1;. The molecule has 0 amide bonds. The number of aromatic nitrogens is 2. The Morgan fingerprint density at radius 3 is 2.33 bits per heavy atom. The maximum absolute atomic E-state index is 5.97. The van der Waals surface area contributed by atoms with Crippen LogP contribution in [0.25, 0.3) is 44.5 Å². The quantitative estimate of drug-likeness (QED) is 0.181. The number of pyridine rings is 2. The van der Waals surface area contributed by atoms with Crippen LogP contribution in [0.15, 0.2) is 102 Å². The van der Waals surface area contributed by atoms with Crippen LogP contribution in [0, 0.1) is 19.1 Å². The number of fused-ring (bicyclic) bond motifs is 3. The first-order chi connectivity index (χ1) is 17.1. The first-order valence-corrected chi connectivity index (χ1v) is 11.8. The Morgan fingerprint density at radius 2 is 1.58 bits per heavy atom. The summed E-state index contributed by atoms with van der Waals surface area (Å²) < 4.78 is 5.97. The Kier molecular flexibility index (Phi) is 8.10. The average molecular weight is 647 g/mol. The fourth-order valence-electron chi connectivity index (χ4n) is 4.25. The van der Waals surface area contributed by atoms with Crippen LogP contribution in [0.1, 0.15) is 30.9 Å². The number of hydrogen-bond acceptors (Lipinski definition) is 3. The van der Waals surface area contributed by atoms with Gasteiger partial charge in [-0.3, -0.25) is 0 Å². The summed E-state index contributed by atoms with van der Waals surface area (Å²) in [4.78, 5) is 8.84. The van der Waals surface area contributed by atoms with Crippen LogP contribution in [0.4, 0.5) is 0 Å². The SMILES string of the molecule is Cc1cnc(-c2[c-]cccc2)cc1C(C)C.[Ir].[c-]1ccc2c(oc3ccccc32)c1-c1ccccn1. The smallest absolute Gasteiger partial charge is 0.120 e. The number of benzene rings is 3. The van der Waals surface area contributed by atoms with E-state index in [2.05, 4.69) is 55.0 Å². The molecule has 3 nitrogen and oxygen atoms in total. The van der Waals surface area contributed by atoms with Crippen molar-refractivity contribution < 1.29 is 24.5 Å². The van der Waals surface area contributed by atoms with Crippen LogP contribution in [0.3, 0.4) is 0 Å². The molecule has 0 saturated carbocycles. The van der Waals surface area contributed by atoms with Crippen LogP contribution < -0.4 is 0 Å². The number of furan rings is 1. The third-order valence-electron chi connectivity index (χ3n) is 6.01. The topological polar surface area (TPSA) is 38.9 Å². The van der Waals surface area contributed by atoms with Crippen LogP contribution in [0.5, 0.6) is 0 Å². The normalized spacial score (nSPS) is 10.7. The predicted octanol–water partition coefficient (Wildman–Crippen LogP) is 8.43. The van der Waals surface area contributed by atoms with E-state index in [9.17, 15) is 0 Å². The second-order valence-corrected chi connectivity index (χ2v) is 8.77. The van der Waals surface area contributed by atoms with Crippen LogP contribution >= 0.6 is 0 Å². The molecule has 0 saturated heterocycles. The molecule has 0 atom stereocenters. The van der Waals surface area contributed by atoms with E-state index in [1.54, 1.807) is 6.20 Å². The molecule has 0 aliphatic carbocycles. The summed E-state index contributed by atoms with van der Waals surface area (Å²) >= 11 is 0. The monoisotopic (exact) mass is 647 g/mol. The van der Waals surface area contributed by atoms with Gasteiger partial charge >= 0.3 is 0 Å². The minimum Gasteiger partial charge on any atom is -0.501 e. The third kappa shape index (κ3) is 5.31. The van der Waals surface area contributed by atoms with Gasteiger partial charge in [0, 0.05) is 37.9 Å². The van der Waals surface area contributed by atoms with Crippen molar-refractivity contribution in [2.75, 3.05) is 0 Å². The zero-order valence-electron chi connectivity index (χ0n) is 20.5. The zero-order valence-corrected chi connectivity index (χ0v) is 22.8. The maximum atomic E-state index is 5.97. The third-order valence-corrected chi connectivity index (χ3v) is 6.01. The van der Waals surface area contributed by atoms with Crippen LogP contribution in [-0.2, 0) is 20.1 Å². The number of para-hydroxylation sites is 1. The van der Waals surface area contributed by atoms with E-state index in [0.717, 1.165) is 44.5 Å². The molecule has 181 valence electrons. The first kappa shape index (κ1) is 25.5. The zero-order chi connectivity index (χ0) is 24.2. The molecule has 36 heavy (non-hydrogen) atoms. The van der Waals surface area contributed by atoms with E-state index in [4.69, 9.17) is 4.42 Å². The fourth-order valence-corrected chi connectivity index (χ4v) is 4.25. The van der Waals surface area contributed by atoms with Crippen molar-refractivity contribution in [3.8, 4) is 22.5 Å². The Bertz CT molecular complexity index is 1570.